The minimum Gasteiger partial charge on any atom is -0.454 e. The average molecular weight is 366 g/mol. The van der Waals surface area contributed by atoms with Crippen LogP contribution in [0.3, 0.4) is 0 Å². The van der Waals surface area contributed by atoms with Gasteiger partial charge in [0.15, 0.2) is 12.4 Å². The van der Waals surface area contributed by atoms with Gasteiger partial charge in [-0.2, -0.15) is 0 Å². The molecule has 0 aliphatic carbocycles. The summed E-state index contributed by atoms with van der Waals surface area (Å²) in [6.07, 6.45) is 0. The van der Waals surface area contributed by atoms with Gasteiger partial charge in [-0.1, -0.05) is 66.2 Å². The fraction of sp³-hybridized carbons (Fsp3) is 0.0476. The van der Waals surface area contributed by atoms with Crippen LogP contribution >= 0.6 is 11.6 Å². The highest BCUT2D eigenvalue weighted by molar-refractivity contribution is 6.31. The van der Waals surface area contributed by atoms with Gasteiger partial charge in [0.1, 0.15) is 0 Å². The summed E-state index contributed by atoms with van der Waals surface area (Å²) in [6.45, 7) is -0.356. The topological polar surface area (TPSA) is 69.4 Å². The zero-order valence-electron chi connectivity index (χ0n) is 13.8. The second kappa shape index (κ2) is 7.85. The molecule has 0 aliphatic heterocycles. The van der Waals surface area contributed by atoms with Gasteiger partial charge in [0.2, 0.25) is 0 Å². The van der Waals surface area contributed by atoms with Gasteiger partial charge < -0.3 is 10.5 Å². The molecule has 26 heavy (non-hydrogen) atoms. The van der Waals surface area contributed by atoms with E-state index in [1.807, 2.05) is 42.5 Å². The van der Waals surface area contributed by atoms with Gasteiger partial charge in [-0.05, 0) is 29.3 Å². The fourth-order valence-corrected chi connectivity index (χ4v) is 2.67. The predicted octanol–water partition coefficient (Wildman–Crippen LogP) is 4.63. The summed E-state index contributed by atoms with van der Waals surface area (Å²) in [5.41, 5.74) is 8.68. The molecule has 0 bridgehead atoms. The monoisotopic (exact) mass is 365 g/mol. The number of carbonyl (C=O) groups is 2. The SMILES string of the molecule is Nc1cc(Cl)ccc1C(=O)OCC(=O)c1ccc(-c2ccccc2)cc1. The van der Waals surface area contributed by atoms with Crippen molar-refractivity contribution in [2.45, 2.75) is 0 Å². The van der Waals surface area contributed by atoms with E-state index in [0.29, 0.717) is 10.6 Å². The highest BCUT2D eigenvalue weighted by Gasteiger charge is 2.14. The quantitative estimate of drug-likeness (QED) is 0.406. The average Bonchev–Trinajstić information content (AvgIpc) is 2.66. The van der Waals surface area contributed by atoms with Crippen LogP contribution in [0, 0.1) is 0 Å². The van der Waals surface area contributed by atoms with Crippen molar-refractivity contribution in [1.82, 2.24) is 0 Å². The molecular formula is C21H16ClNO3. The Morgan fingerprint density at radius 2 is 1.54 bits per heavy atom. The Labute approximate surface area is 156 Å². The molecule has 3 aromatic rings. The third-order valence-corrected chi connectivity index (χ3v) is 4.12. The summed E-state index contributed by atoms with van der Waals surface area (Å²) in [6, 6.07) is 21.5. The Hall–Kier alpha value is -3.11. The first-order valence-corrected chi connectivity index (χ1v) is 8.33. The lowest BCUT2D eigenvalue weighted by molar-refractivity contribution is 0.0476. The van der Waals surface area contributed by atoms with Gasteiger partial charge in [0, 0.05) is 16.3 Å². The van der Waals surface area contributed by atoms with Crippen LogP contribution in [0.1, 0.15) is 20.7 Å². The van der Waals surface area contributed by atoms with Crippen molar-refractivity contribution in [2.75, 3.05) is 12.3 Å². The lowest BCUT2D eigenvalue weighted by atomic mass is 10.0. The minimum atomic E-state index is -0.659. The standard InChI is InChI=1S/C21H16ClNO3/c22-17-10-11-18(19(23)12-17)21(25)26-13-20(24)16-8-6-15(7-9-16)14-4-2-1-3-5-14/h1-12H,13,23H2. The Balaban J connectivity index is 1.64. The first-order chi connectivity index (χ1) is 12.5. The molecule has 0 fully saturated rings. The van der Waals surface area contributed by atoms with Crippen LogP contribution in [0.2, 0.25) is 5.02 Å². The van der Waals surface area contributed by atoms with Gasteiger partial charge in [-0.15, -0.1) is 0 Å². The molecule has 0 heterocycles. The van der Waals surface area contributed by atoms with Crippen molar-refractivity contribution < 1.29 is 14.3 Å². The largest absolute Gasteiger partial charge is 0.454 e. The zero-order chi connectivity index (χ0) is 18.5. The second-order valence-electron chi connectivity index (χ2n) is 5.67. The lowest BCUT2D eigenvalue weighted by Crippen LogP contribution is -2.15. The molecule has 3 aromatic carbocycles. The molecule has 0 saturated heterocycles. The molecule has 0 aliphatic rings. The summed E-state index contributed by atoms with van der Waals surface area (Å²) in [4.78, 5) is 24.3. The van der Waals surface area contributed by atoms with Gasteiger partial charge in [0.05, 0.1) is 5.56 Å². The van der Waals surface area contributed by atoms with Gasteiger partial charge >= 0.3 is 5.97 Å². The van der Waals surface area contributed by atoms with Crippen LogP contribution in [0.25, 0.3) is 11.1 Å². The Bertz CT molecular complexity index is 937. The maximum absolute atomic E-state index is 12.2. The van der Waals surface area contributed by atoms with Crippen molar-refractivity contribution in [3.05, 3.63) is 88.9 Å². The molecule has 0 spiro atoms. The van der Waals surface area contributed by atoms with Crippen LogP contribution in [0.4, 0.5) is 5.69 Å². The van der Waals surface area contributed by atoms with Crippen LogP contribution in [-0.2, 0) is 4.74 Å². The Morgan fingerprint density at radius 3 is 2.19 bits per heavy atom. The minimum absolute atomic E-state index is 0.182. The molecule has 4 nitrogen and oxygen atoms in total. The summed E-state index contributed by atoms with van der Waals surface area (Å²) < 4.78 is 5.07. The van der Waals surface area contributed by atoms with Crippen molar-refractivity contribution in [3.8, 4) is 11.1 Å². The van der Waals surface area contributed by atoms with Gasteiger partial charge in [-0.3, -0.25) is 4.79 Å². The Kier molecular flexibility index (Phi) is 5.34. The molecule has 0 saturated carbocycles. The summed E-state index contributed by atoms with van der Waals surface area (Å²) in [5.74, 6) is -0.945. The second-order valence-corrected chi connectivity index (χ2v) is 6.11. The van der Waals surface area contributed by atoms with E-state index in [1.165, 1.54) is 12.1 Å². The van der Waals surface area contributed by atoms with Crippen LogP contribution in [0.5, 0.6) is 0 Å². The van der Waals surface area contributed by atoms with E-state index in [9.17, 15) is 9.59 Å². The van der Waals surface area contributed by atoms with E-state index in [0.717, 1.165) is 11.1 Å². The number of benzene rings is 3. The number of Topliss-reactive ketones (excluding diaryl/α,β-unsaturated/α-hetero) is 1. The number of rotatable bonds is 5. The van der Waals surface area contributed by atoms with E-state index in [4.69, 9.17) is 22.1 Å². The molecule has 0 atom stereocenters. The first kappa shape index (κ1) is 17.7. The predicted molar refractivity (Wildman–Crippen MR) is 102 cm³/mol. The maximum Gasteiger partial charge on any atom is 0.340 e. The van der Waals surface area contributed by atoms with Crippen LogP contribution in [0.15, 0.2) is 72.8 Å². The molecule has 2 N–H and O–H groups in total. The maximum atomic E-state index is 12.2. The van der Waals surface area contributed by atoms with Crippen LogP contribution in [-0.4, -0.2) is 18.4 Å². The van der Waals surface area contributed by atoms with E-state index in [1.54, 1.807) is 18.2 Å². The number of carbonyl (C=O) groups excluding carboxylic acids is 2. The number of nitrogens with two attached hydrogens (primary N) is 1. The van der Waals surface area contributed by atoms with Gasteiger partial charge in [-0.25, -0.2) is 4.79 Å². The first-order valence-electron chi connectivity index (χ1n) is 7.95. The highest BCUT2D eigenvalue weighted by Crippen LogP contribution is 2.20. The molecule has 3 rings (SSSR count). The highest BCUT2D eigenvalue weighted by atomic mass is 35.5. The molecular weight excluding hydrogens is 350 g/mol. The molecule has 0 unspecified atom stereocenters. The smallest absolute Gasteiger partial charge is 0.340 e. The third-order valence-electron chi connectivity index (χ3n) is 3.88. The van der Waals surface area contributed by atoms with Gasteiger partial charge in [0.25, 0.3) is 0 Å². The van der Waals surface area contributed by atoms with Crippen molar-refractivity contribution >= 4 is 29.0 Å². The lowest BCUT2D eigenvalue weighted by Gasteiger charge is -2.07. The molecule has 0 aromatic heterocycles. The summed E-state index contributed by atoms with van der Waals surface area (Å²) in [7, 11) is 0. The molecule has 0 radical (unpaired) electrons. The number of esters is 1. The summed E-state index contributed by atoms with van der Waals surface area (Å²) in [5, 5.41) is 0.425. The molecule has 0 amide bonds. The van der Waals surface area contributed by atoms with Crippen molar-refractivity contribution in [2.24, 2.45) is 0 Å². The van der Waals surface area contributed by atoms with E-state index >= 15 is 0 Å². The van der Waals surface area contributed by atoms with E-state index in [2.05, 4.69) is 0 Å². The van der Waals surface area contributed by atoms with Crippen molar-refractivity contribution in [3.63, 3.8) is 0 Å². The zero-order valence-corrected chi connectivity index (χ0v) is 14.6. The van der Waals surface area contributed by atoms with Crippen LogP contribution < -0.4 is 5.73 Å². The fourth-order valence-electron chi connectivity index (χ4n) is 2.49. The number of hydrogen-bond acceptors (Lipinski definition) is 4. The number of ketones is 1. The van der Waals surface area contributed by atoms with E-state index in [-0.39, 0.29) is 23.6 Å². The number of ether oxygens (including phenoxy) is 1. The third kappa shape index (κ3) is 4.10. The van der Waals surface area contributed by atoms with E-state index < -0.39 is 5.97 Å². The normalized spacial score (nSPS) is 10.3. The summed E-state index contributed by atoms with van der Waals surface area (Å²) >= 11 is 5.80. The van der Waals surface area contributed by atoms with Crippen molar-refractivity contribution in [1.29, 1.82) is 0 Å². The molecule has 5 heteroatoms. The Morgan fingerprint density at radius 1 is 0.885 bits per heavy atom. The number of nitrogen functional groups attached to an aromatic ring is 1. The number of halogens is 1. The molecule has 130 valence electrons. The number of hydrogen-bond donors (Lipinski definition) is 1. The number of anilines is 1.